The van der Waals surface area contributed by atoms with Gasteiger partial charge in [0, 0.05) is 23.2 Å². The van der Waals surface area contributed by atoms with E-state index in [1.807, 2.05) is 24.3 Å². The van der Waals surface area contributed by atoms with Gasteiger partial charge in [0.05, 0.1) is 12.3 Å². The van der Waals surface area contributed by atoms with Gasteiger partial charge in [-0.15, -0.1) is 0 Å². The Morgan fingerprint density at radius 2 is 1.96 bits per heavy atom. The fraction of sp³-hybridized carbons (Fsp3) is 0.222. The molecule has 0 aromatic heterocycles. The number of fused-ring (bicyclic) bond motifs is 1. The lowest BCUT2D eigenvalue weighted by Crippen LogP contribution is -2.35. The first-order chi connectivity index (χ1) is 11.1. The van der Waals surface area contributed by atoms with Crippen molar-refractivity contribution in [1.82, 2.24) is 10.3 Å². The summed E-state index contributed by atoms with van der Waals surface area (Å²) in [6.45, 7) is 2.61. The molecule has 0 saturated carbocycles. The van der Waals surface area contributed by atoms with E-state index < -0.39 is 0 Å². The van der Waals surface area contributed by atoms with Crippen LogP contribution in [0.2, 0.25) is 5.02 Å². The van der Waals surface area contributed by atoms with E-state index in [2.05, 4.69) is 35.5 Å². The van der Waals surface area contributed by atoms with Crippen LogP contribution >= 0.6 is 11.6 Å². The third-order valence-corrected chi connectivity index (χ3v) is 4.15. The maximum Gasteiger partial charge on any atom is 0.337 e. The van der Waals surface area contributed by atoms with Crippen LogP contribution in [0.3, 0.4) is 0 Å². The SMILES string of the molecule is CNC(=O)N1CCc2ccc(C)cc2C(c2ccc(Cl)cc2)=N1. The van der Waals surface area contributed by atoms with Gasteiger partial charge in [-0.2, -0.15) is 5.10 Å². The van der Waals surface area contributed by atoms with Crippen LogP contribution < -0.4 is 5.32 Å². The molecular weight excluding hydrogens is 310 g/mol. The minimum Gasteiger partial charge on any atom is -0.340 e. The van der Waals surface area contributed by atoms with Gasteiger partial charge in [-0.3, -0.25) is 0 Å². The van der Waals surface area contributed by atoms with Crippen LogP contribution in [0.1, 0.15) is 22.3 Å². The third kappa shape index (κ3) is 3.22. The molecule has 4 nitrogen and oxygen atoms in total. The highest BCUT2D eigenvalue weighted by molar-refractivity contribution is 6.30. The van der Waals surface area contributed by atoms with E-state index in [9.17, 15) is 4.79 Å². The van der Waals surface area contributed by atoms with E-state index in [4.69, 9.17) is 11.6 Å². The van der Waals surface area contributed by atoms with Gasteiger partial charge in [-0.25, -0.2) is 9.80 Å². The zero-order valence-electron chi connectivity index (χ0n) is 13.1. The molecule has 0 atom stereocenters. The lowest BCUT2D eigenvalue weighted by atomic mass is 9.94. The normalized spacial score (nSPS) is 13.9. The number of urea groups is 1. The molecule has 0 spiro atoms. The van der Waals surface area contributed by atoms with Crippen molar-refractivity contribution >= 4 is 23.3 Å². The Hall–Kier alpha value is -2.33. The van der Waals surface area contributed by atoms with E-state index >= 15 is 0 Å². The fourth-order valence-electron chi connectivity index (χ4n) is 2.68. The number of benzene rings is 2. The van der Waals surface area contributed by atoms with E-state index in [1.54, 1.807) is 7.05 Å². The highest BCUT2D eigenvalue weighted by atomic mass is 35.5. The Kier molecular flexibility index (Phi) is 4.35. The van der Waals surface area contributed by atoms with E-state index in [0.717, 1.165) is 23.3 Å². The number of hydrogen-bond acceptors (Lipinski definition) is 2. The van der Waals surface area contributed by atoms with Crippen LogP contribution in [-0.2, 0) is 6.42 Å². The van der Waals surface area contributed by atoms with Crippen LogP contribution in [0.4, 0.5) is 4.79 Å². The van der Waals surface area contributed by atoms with Gasteiger partial charge in [-0.05, 0) is 37.1 Å². The van der Waals surface area contributed by atoms with Crippen molar-refractivity contribution in [2.75, 3.05) is 13.6 Å². The van der Waals surface area contributed by atoms with Gasteiger partial charge in [0.15, 0.2) is 0 Å². The average Bonchev–Trinajstić information content (AvgIpc) is 2.74. The number of amides is 2. The van der Waals surface area contributed by atoms with Crippen molar-refractivity contribution in [2.24, 2.45) is 5.10 Å². The Bertz CT molecular complexity index is 768. The van der Waals surface area contributed by atoms with Crippen LogP contribution in [-0.4, -0.2) is 30.3 Å². The molecule has 2 aromatic carbocycles. The molecule has 1 aliphatic rings. The Balaban J connectivity index is 2.16. The van der Waals surface area contributed by atoms with Crippen molar-refractivity contribution in [2.45, 2.75) is 13.3 Å². The molecular formula is C18H18ClN3O. The first-order valence-electron chi connectivity index (χ1n) is 7.52. The van der Waals surface area contributed by atoms with Crippen molar-refractivity contribution in [3.8, 4) is 0 Å². The Labute approximate surface area is 140 Å². The summed E-state index contributed by atoms with van der Waals surface area (Å²) < 4.78 is 0. The highest BCUT2D eigenvalue weighted by Crippen LogP contribution is 2.23. The van der Waals surface area contributed by atoms with Crippen LogP contribution in [0, 0.1) is 6.92 Å². The van der Waals surface area contributed by atoms with Crippen LogP contribution in [0.15, 0.2) is 47.6 Å². The monoisotopic (exact) mass is 327 g/mol. The molecule has 1 aliphatic heterocycles. The van der Waals surface area contributed by atoms with Gasteiger partial charge in [0.2, 0.25) is 0 Å². The van der Waals surface area contributed by atoms with E-state index in [-0.39, 0.29) is 6.03 Å². The maximum absolute atomic E-state index is 12.1. The molecule has 0 radical (unpaired) electrons. The molecule has 0 unspecified atom stereocenters. The number of nitrogens with one attached hydrogen (secondary N) is 1. The predicted octanol–water partition coefficient (Wildman–Crippen LogP) is 3.60. The minimum absolute atomic E-state index is 0.207. The molecule has 23 heavy (non-hydrogen) atoms. The molecule has 3 rings (SSSR count). The summed E-state index contributed by atoms with van der Waals surface area (Å²) in [5, 5.41) is 9.43. The first-order valence-corrected chi connectivity index (χ1v) is 7.90. The number of carbonyl (C=O) groups excluding carboxylic acids is 1. The standard InChI is InChI=1S/C18H18ClN3O/c1-12-3-4-13-9-10-22(18(23)20-2)21-17(16(13)11-12)14-5-7-15(19)8-6-14/h3-8,11H,9-10H2,1-2H3,(H,20,23). The summed E-state index contributed by atoms with van der Waals surface area (Å²) in [6, 6.07) is 13.7. The minimum atomic E-state index is -0.207. The van der Waals surface area contributed by atoms with E-state index in [0.29, 0.717) is 11.6 Å². The van der Waals surface area contributed by atoms with Crippen LogP contribution in [0.25, 0.3) is 0 Å². The Morgan fingerprint density at radius 3 is 2.65 bits per heavy atom. The van der Waals surface area contributed by atoms with Gasteiger partial charge >= 0.3 is 6.03 Å². The molecule has 2 amide bonds. The van der Waals surface area contributed by atoms with Crippen molar-refractivity contribution in [3.05, 3.63) is 69.7 Å². The number of carbonyl (C=O) groups is 1. The second kappa shape index (κ2) is 6.42. The predicted molar refractivity (Wildman–Crippen MR) is 93.1 cm³/mol. The zero-order valence-corrected chi connectivity index (χ0v) is 13.9. The van der Waals surface area contributed by atoms with Gasteiger partial charge in [-0.1, -0.05) is 41.4 Å². The fourth-order valence-corrected chi connectivity index (χ4v) is 2.80. The molecule has 0 bridgehead atoms. The second-order valence-corrected chi connectivity index (χ2v) is 5.98. The first kappa shape index (κ1) is 15.6. The summed E-state index contributed by atoms with van der Waals surface area (Å²) in [4.78, 5) is 12.1. The van der Waals surface area contributed by atoms with Gasteiger partial charge in [0.1, 0.15) is 0 Å². The molecule has 1 N–H and O–H groups in total. The molecule has 0 saturated heterocycles. The lowest BCUT2D eigenvalue weighted by Gasteiger charge is -2.15. The van der Waals surface area contributed by atoms with Crippen molar-refractivity contribution in [1.29, 1.82) is 0 Å². The average molecular weight is 328 g/mol. The summed E-state index contributed by atoms with van der Waals surface area (Å²) in [5.41, 5.74) is 5.16. The molecule has 0 fully saturated rings. The maximum atomic E-state index is 12.1. The summed E-state index contributed by atoms with van der Waals surface area (Å²) in [6.07, 6.45) is 0.767. The number of halogens is 1. The molecule has 2 aromatic rings. The summed E-state index contributed by atoms with van der Waals surface area (Å²) >= 11 is 6.00. The van der Waals surface area contributed by atoms with Crippen LogP contribution in [0.5, 0.6) is 0 Å². The number of nitrogens with zero attached hydrogens (tertiary/aromatic N) is 2. The van der Waals surface area contributed by atoms with Gasteiger partial charge in [0.25, 0.3) is 0 Å². The lowest BCUT2D eigenvalue weighted by molar-refractivity contribution is 0.203. The van der Waals surface area contributed by atoms with E-state index in [1.165, 1.54) is 16.1 Å². The summed E-state index contributed by atoms with van der Waals surface area (Å²) in [7, 11) is 1.61. The van der Waals surface area contributed by atoms with Crippen molar-refractivity contribution < 1.29 is 4.79 Å². The Morgan fingerprint density at radius 1 is 1.22 bits per heavy atom. The second-order valence-electron chi connectivity index (χ2n) is 5.54. The molecule has 1 heterocycles. The quantitative estimate of drug-likeness (QED) is 0.854. The summed E-state index contributed by atoms with van der Waals surface area (Å²) in [5.74, 6) is 0. The van der Waals surface area contributed by atoms with Gasteiger partial charge < -0.3 is 5.32 Å². The number of rotatable bonds is 1. The number of hydrogen-bond donors (Lipinski definition) is 1. The van der Waals surface area contributed by atoms with Crippen molar-refractivity contribution in [3.63, 3.8) is 0 Å². The highest BCUT2D eigenvalue weighted by Gasteiger charge is 2.21. The topological polar surface area (TPSA) is 44.7 Å². The molecule has 118 valence electrons. The molecule has 5 heteroatoms. The largest absolute Gasteiger partial charge is 0.340 e. The third-order valence-electron chi connectivity index (χ3n) is 3.90. The molecule has 0 aliphatic carbocycles. The number of hydrazone groups is 1. The zero-order chi connectivity index (χ0) is 16.4. The number of aryl methyl sites for hydroxylation is 1. The smallest absolute Gasteiger partial charge is 0.337 e.